The molecule has 0 saturated heterocycles. The van der Waals surface area contributed by atoms with Gasteiger partial charge in [0.05, 0.1) is 0 Å². The number of primary amides is 1. The smallest absolute Gasteiger partial charge is 0.404 e. The van der Waals surface area contributed by atoms with Crippen molar-refractivity contribution in [3.8, 4) is 0 Å². The number of carbonyl (C=O) groups is 1. The Balaban J connectivity index is 2.27. The number of ether oxygens (including phenoxy) is 1. The molecule has 104 valence electrons. The monoisotopic (exact) mass is 271 g/mol. The van der Waals surface area contributed by atoms with Crippen LogP contribution in [0.5, 0.6) is 0 Å². The standard InChI is InChI=1S/C16H17NO3/c1-11-6-8-12(9-7-11)15(18)14-5-3-2-4-13(14)10-20-16(17)19/h2-9,15,18H,10H2,1H3,(H2,17,19). The second-order valence-electron chi connectivity index (χ2n) is 4.62. The lowest BCUT2D eigenvalue weighted by molar-refractivity contribution is 0.148. The number of hydrogen-bond acceptors (Lipinski definition) is 3. The van der Waals surface area contributed by atoms with Crippen molar-refractivity contribution in [2.75, 3.05) is 0 Å². The van der Waals surface area contributed by atoms with E-state index < -0.39 is 12.2 Å². The van der Waals surface area contributed by atoms with Crippen molar-refractivity contribution >= 4 is 6.09 Å². The highest BCUT2D eigenvalue weighted by Gasteiger charge is 2.14. The van der Waals surface area contributed by atoms with Crippen LogP contribution in [-0.4, -0.2) is 11.2 Å². The highest BCUT2D eigenvalue weighted by Crippen LogP contribution is 2.25. The van der Waals surface area contributed by atoms with Crippen molar-refractivity contribution in [2.45, 2.75) is 19.6 Å². The minimum Gasteiger partial charge on any atom is -0.445 e. The molecule has 0 saturated carbocycles. The summed E-state index contributed by atoms with van der Waals surface area (Å²) in [6.45, 7) is 2.04. The summed E-state index contributed by atoms with van der Waals surface area (Å²) in [4.78, 5) is 10.7. The molecule has 0 spiro atoms. The SMILES string of the molecule is Cc1ccc(C(O)c2ccccc2COC(N)=O)cc1. The van der Waals surface area contributed by atoms with E-state index in [-0.39, 0.29) is 6.61 Å². The van der Waals surface area contributed by atoms with Crippen LogP contribution >= 0.6 is 0 Å². The van der Waals surface area contributed by atoms with Crippen molar-refractivity contribution in [1.29, 1.82) is 0 Å². The second kappa shape index (κ2) is 6.21. The van der Waals surface area contributed by atoms with E-state index in [1.54, 1.807) is 6.07 Å². The van der Waals surface area contributed by atoms with Crippen molar-refractivity contribution in [3.05, 3.63) is 70.8 Å². The molecular weight excluding hydrogens is 254 g/mol. The van der Waals surface area contributed by atoms with Gasteiger partial charge < -0.3 is 15.6 Å². The Bertz CT molecular complexity index is 593. The van der Waals surface area contributed by atoms with Crippen molar-refractivity contribution in [3.63, 3.8) is 0 Å². The van der Waals surface area contributed by atoms with Crippen LogP contribution < -0.4 is 5.73 Å². The van der Waals surface area contributed by atoms with Crippen LogP contribution in [0, 0.1) is 6.92 Å². The summed E-state index contributed by atoms with van der Waals surface area (Å²) in [5.74, 6) is 0. The van der Waals surface area contributed by atoms with Gasteiger partial charge in [0, 0.05) is 0 Å². The fourth-order valence-corrected chi connectivity index (χ4v) is 2.01. The zero-order valence-corrected chi connectivity index (χ0v) is 11.2. The number of rotatable bonds is 4. The molecule has 0 heterocycles. The predicted octanol–water partition coefficient (Wildman–Crippen LogP) is 2.67. The van der Waals surface area contributed by atoms with Gasteiger partial charge in [0.2, 0.25) is 0 Å². The first-order valence-electron chi connectivity index (χ1n) is 6.32. The molecule has 0 aromatic heterocycles. The van der Waals surface area contributed by atoms with Crippen LogP contribution in [0.2, 0.25) is 0 Å². The number of amides is 1. The van der Waals surface area contributed by atoms with Gasteiger partial charge in [-0.1, -0.05) is 54.1 Å². The average Bonchev–Trinajstić information content (AvgIpc) is 2.45. The third kappa shape index (κ3) is 3.36. The number of aryl methyl sites for hydroxylation is 1. The van der Waals surface area contributed by atoms with E-state index in [0.717, 1.165) is 16.7 Å². The zero-order chi connectivity index (χ0) is 14.5. The summed E-state index contributed by atoms with van der Waals surface area (Å²) in [6, 6.07) is 14.9. The molecular formula is C16H17NO3. The zero-order valence-electron chi connectivity index (χ0n) is 11.2. The van der Waals surface area contributed by atoms with Gasteiger partial charge in [0.1, 0.15) is 12.7 Å². The molecule has 4 nitrogen and oxygen atoms in total. The number of aliphatic hydroxyl groups excluding tert-OH is 1. The molecule has 2 rings (SSSR count). The third-order valence-corrected chi connectivity index (χ3v) is 3.11. The number of aliphatic hydroxyl groups is 1. The molecule has 0 aliphatic carbocycles. The van der Waals surface area contributed by atoms with Crippen molar-refractivity contribution in [1.82, 2.24) is 0 Å². The summed E-state index contributed by atoms with van der Waals surface area (Å²) in [6.07, 6.45) is -1.59. The maximum Gasteiger partial charge on any atom is 0.404 e. The maximum atomic E-state index is 10.7. The number of hydrogen-bond donors (Lipinski definition) is 2. The van der Waals surface area contributed by atoms with E-state index >= 15 is 0 Å². The lowest BCUT2D eigenvalue weighted by Crippen LogP contribution is -2.14. The van der Waals surface area contributed by atoms with E-state index in [0.29, 0.717) is 5.56 Å². The largest absolute Gasteiger partial charge is 0.445 e. The molecule has 0 aliphatic heterocycles. The van der Waals surface area contributed by atoms with Gasteiger partial charge in [-0.15, -0.1) is 0 Å². The van der Waals surface area contributed by atoms with Gasteiger partial charge in [-0.05, 0) is 23.6 Å². The van der Waals surface area contributed by atoms with Crippen LogP contribution in [0.15, 0.2) is 48.5 Å². The highest BCUT2D eigenvalue weighted by molar-refractivity contribution is 5.64. The van der Waals surface area contributed by atoms with E-state index in [2.05, 4.69) is 0 Å². The highest BCUT2D eigenvalue weighted by atomic mass is 16.5. The maximum absolute atomic E-state index is 10.7. The number of nitrogens with two attached hydrogens (primary N) is 1. The molecule has 0 fully saturated rings. The minimum atomic E-state index is -0.829. The minimum absolute atomic E-state index is 0.0500. The molecule has 0 bridgehead atoms. The molecule has 2 aromatic rings. The summed E-state index contributed by atoms with van der Waals surface area (Å²) >= 11 is 0. The predicted molar refractivity (Wildman–Crippen MR) is 76.1 cm³/mol. The van der Waals surface area contributed by atoms with Crippen LogP contribution in [0.3, 0.4) is 0 Å². The topological polar surface area (TPSA) is 72.6 Å². The Morgan fingerprint density at radius 3 is 2.50 bits per heavy atom. The van der Waals surface area contributed by atoms with Crippen LogP contribution in [0.4, 0.5) is 4.79 Å². The summed E-state index contributed by atoms with van der Waals surface area (Å²) in [7, 11) is 0. The number of benzene rings is 2. The van der Waals surface area contributed by atoms with Crippen molar-refractivity contribution in [2.24, 2.45) is 5.73 Å². The normalized spacial score (nSPS) is 11.9. The van der Waals surface area contributed by atoms with Gasteiger partial charge >= 0.3 is 6.09 Å². The van der Waals surface area contributed by atoms with E-state index in [4.69, 9.17) is 10.5 Å². The second-order valence-corrected chi connectivity index (χ2v) is 4.62. The van der Waals surface area contributed by atoms with E-state index in [9.17, 15) is 9.90 Å². The van der Waals surface area contributed by atoms with E-state index in [1.165, 1.54) is 0 Å². The van der Waals surface area contributed by atoms with Crippen molar-refractivity contribution < 1.29 is 14.6 Å². The van der Waals surface area contributed by atoms with Crippen LogP contribution in [0.25, 0.3) is 0 Å². The number of carbonyl (C=O) groups excluding carboxylic acids is 1. The Hall–Kier alpha value is -2.33. The molecule has 1 amide bonds. The Kier molecular flexibility index (Phi) is 4.38. The summed E-state index contributed by atoms with van der Waals surface area (Å²) in [5, 5.41) is 10.5. The molecule has 0 radical (unpaired) electrons. The average molecular weight is 271 g/mol. The first kappa shape index (κ1) is 14.1. The fourth-order valence-electron chi connectivity index (χ4n) is 2.01. The molecule has 1 atom stereocenters. The van der Waals surface area contributed by atoms with E-state index in [1.807, 2.05) is 49.4 Å². The fraction of sp³-hybridized carbons (Fsp3) is 0.188. The van der Waals surface area contributed by atoms with Gasteiger partial charge in [-0.2, -0.15) is 0 Å². The van der Waals surface area contributed by atoms with Crippen LogP contribution in [-0.2, 0) is 11.3 Å². The lowest BCUT2D eigenvalue weighted by atomic mass is 9.96. The van der Waals surface area contributed by atoms with Gasteiger partial charge in [0.15, 0.2) is 0 Å². The summed E-state index contributed by atoms with van der Waals surface area (Å²) < 4.78 is 4.80. The van der Waals surface area contributed by atoms with Gasteiger partial charge in [-0.25, -0.2) is 4.79 Å². The van der Waals surface area contributed by atoms with Crippen LogP contribution in [0.1, 0.15) is 28.4 Å². The molecule has 20 heavy (non-hydrogen) atoms. The quantitative estimate of drug-likeness (QED) is 0.898. The van der Waals surface area contributed by atoms with Gasteiger partial charge in [0.25, 0.3) is 0 Å². The Morgan fingerprint density at radius 2 is 1.85 bits per heavy atom. The Morgan fingerprint density at radius 1 is 1.20 bits per heavy atom. The van der Waals surface area contributed by atoms with Gasteiger partial charge in [-0.3, -0.25) is 0 Å². The molecule has 4 heteroatoms. The summed E-state index contributed by atoms with van der Waals surface area (Å²) in [5.41, 5.74) is 8.34. The first-order chi connectivity index (χ1) is 9.58. The molecule has 0 aliphatic rings. The lowest BCUT2D eigenvalue weighted by Gasteiger charge is -2.16. The Labute approximate surface area is 117 Å². The molecule has 1 unspecified atom stereocenters. The first-order valence-corrected chi connectivity index (χ1v) is 6.32. The molecule has 3 N–H and O–H groups in total. The molecule has 2 aromatic carbocycles. The third-order valence-electron chi connectivity index (χ3n) is 3.11.